The molecule has 0 atom stereocenters. The van der Waals surface area contributed by atoms with Crippen LogP contribution in [0.4, 0.5) is 5.82 Å². The summed E-state index contributed by atoms with van der Waals surface area (Å²) < 4.78 is 1.97. The molecule has 0 saturated carbocycles. The van der Waals surface area contributed by atoms with Crippen LogP contribution in [0.5, 0.6) is 0 Å². The molecule has 1 aromatic carbocycles. The minimum Gasteiger partial charge on any atom is -0.353 e. The number of carbonyl (C=O) groups excluding carboxylic acids is 1. The normalized spacial score (nSPS) is 16.3. The van der Waals surface area contributed by atoms with E-state index in [9.17, 15) is 4.79 Å². The summed E-state index contributed by atoms with van der Waals surface area (Å²) in [5.74, 6) is 1.02. The summed E-state index contributed by atoms with van der Waals surface area (Å²) in [6.45, 7) is 3.76. The van der Waals surface area contributed by atoms with Gasteiger partial charge >= 0.3 is 0 Å². The summed E-state index contributed by atoms with van der Waals surface area (Å²) >= 11 is 6.11. The largest absolute Gasteiger partial charge is 0.353 e. The standard InChI is InChI=1S/C27H33ClN6O/c1-31(2)19-20-8-13-25(29-18-20)32-14-16-33(17-15-32)27(35)26-23-6-4-3-5-7-24(23)34(30-26)22-11-9-21(28)10-12-22/h8-13,18H,3-7,14-17,19H2,1-2H3. The van der Waals surface area contributed by atoms with Gasteiger partial charge in [0.05, 0.1) is 5.69 Å². The number of carbonyl (C=O) groups is 1. The second-order valence-corrected chi connectivity index (χ2v) is 10.2. The Morgan fingerprint density at radius 3 is 2.40 bits per heavy atom. The topological polar surface area (TPSA) is 57.5 Å². The minimum atomic E-state index is 0.0461. The van der Waals surface area contributed by atoms with E-state index in [2.05, 4.69) is 41.0 Å². The van der Waals surface area contributed by atoms with Gasteiger partial charge in [-0.2, -0.15) is 5.10 Å². The Labute approximate surface area is 212 Å². The number of piperazine rings is 1. The Morgan fingerprint density at radius 2 is 1.71 bits per heavy atom. The van der Waals surface area contributed by atoms with Crippen LogP contribution in [-0.4, -0.2) is 70.7 Å². The first-order valence-electron chi connectivity index (χ1n) is 12.5. The summed E-state index contributed by atoms with van der Waals surface area (Å²) in [6, 6.07) is 11.9. The summed E-state index contributed by atoms with van der Waals surface area (Å²) in [5.41, 5.74) is 5.08. The highest BCUT2D eigenvalue weighted by Crippen LogP contribution is 2.28. The van der Waals surface area contributed by atoms with Crippen LogP contribution >= 0.6 is 11.6 Å². The monoisotopic (exact) mass is 492 g/mol. The van der Waals surface area contributed by atoms with Crippen molar-refractivity contribution < 1.29 is 4.79 Å². The van der Waals surface area contributed by atoms with Gasteiger partial charge in [0.2, 0.25) is 0 Å². The zero-order chi connectivity index (χ0) is 24.4. The van der Waals surface area contributed by atoms with Crippen molar-refractivity contribution in [2.24, 2.45) is 0 Å². The first kappa shape index (κ1) is 23.8. The average Bonchev–Trinajstić information content (AvgIpc) is 3.05. The van der Waals surface area contributed by atoms with Crippen molar-refractivity contribution in [1.82, 2.24) is 24.6 Å². The zero-order valence-electron chi connectivity index (χ0n) is 20.6. The van der Waals surface area contributed by atoms with E-state index >= 15 is 0 Å². The highest BCUT2D eigenvalue weighted by Gasteiger charge is 2.30. The lowest BCUT2D eigenvalue weighted by atomic mass is 10.1. The van der Waals surface area contributed by atoms with Crippen LogP contribution in [0, 0.1) is 0 Å². The van der Waals surface area contributed by atoms with Crippen LogP contribution in [0.25, 0.3) is 5.69 Å². The number of aromatic nitrogens is 3. The third-order valence-corrected chi connectivity index (χ3v) is 7.15. The van der Waals surface area contributed by atoms with E-state index in [0.717, 1.165) is 62.4 Å². The molecule has 0 N–H and O–H groups in total. The molecule has 1 amide bonds. The Kier molecular flexibility index (Phi) is 7.07. The number of benzene rings is 1. The maximum Gasteiger partial charge on any atom is 0.274 e. The van der Waals surface area contributed by atoms with Gasteiger partial charge in [-0.15, -0.1) is 0 Å². The van der Waals surface area contributed by atoms with Gasteiger partial charge in [0.25, 0.3) is 5.91 Å². The fourth-order valence-electron chi connectivity index (χ4n) is 5.09. The molecule has 184 valence electrons. The molecule has 0 bridgehead atoms. The summed E-state index contributed by atoms with van der Waals surface area (Å²) in [4.78, 5) is 24.7. The molecule has 0 unspecified atom stereocenters. The number of fused-ring (bicyclic) bond motifs is 1. The van der Waals surface area contributed by atoms with Crippen LogP contribution < -0.4 is 4.90 Å². The SMILES string of the molecule is CN(C)Cc1ccc(N2CCN(C(=O)c3nn(-c4ccc(Cl)cc4)c4c3CCCCC4)CC2)nc1. The molecule has 1 aliphatic heterocycles. The molecule has 2 aliphatic rings. The van der Waals surface area contributed by atoms with Gasteiger partial charge in [0.15, 0.2) is 5.69 Å². The third-order valence-electron chi connectivity index (χ3n) is 6.90. The fourth-order valence-corrected chi connectivity index (χ4v) is 5.22. The molecular formula is C27H33ClN6O. The molecule has 5 rings (SSSR count). The maximum absolute atomic E-state index is 13.7. The molecule has 2 aromatic heterocycles. The lowest BCUT2D eigenvalue weighted by Gasteiger charge is -2.35. The second-order valence-electron chi connectivity index (χ2n) is 9.76. The van der Waals surface area contributed by atoms with Crippen molar-refractivity contribution in [3.8, 4) is 5.69 Å². The van der Waals surface area contributed by atoms with Gasteiger partial charge in [-0.3, -0.25) is 4.79 Å². The number of halogens is 1. The molecular weight excluding hydrogens is 460 g/mol. The lowest BCUT2D eigenvalue weighted by Crippen LogP contribution is -2.49. The number of amides is 1. The van der Waals surface area contributed by atoms with Crippen molar-refractivity contribution in [2.75, 3.05) is 45.2 Å². The van der Waals surface area contributed by atoms with Gasteiger partial charge < -0.3 is 14.7 Å². The molecule has 7 nitrogen and oxygen atoms in total. The summed E-state index contributed by atoms with van der Waals surface area (Å²) in [7, 11) is 4.11. The van der Waals surface area contributed by atoms with Crippen LogP contribution in [0.3, 0.4) is 0 Å². The van der Waals surface area contributed by atoms with E-state index in [-0.39, 0.29) is 5.91 Å². The number of hydrogen-bond donors (Lipinski definition) is 0. The Morgan fingerprint density at radius 1 is 0.971 bits per heavy atom. The first-order valence-corrected chi connectivity index (χ1v) is 12.9. The number of pyridine rings is 1. The first-order chi connectivity index (χ1) is 17.0. The molecule has 35 heavy (non-hydrogen) atoms. The van der Waals surface area contributed by atoms with Crippen LogP contribution in [0.15, 0.2) is 42.6 Å². The van der Waals surface area contributed by atoms with Crippen molar-refractivity contribution in [2.45, 2.75) is 38.6 Å². The van der Waals surface area contributed by atoms with Crippen LogP contribution in [0.2, 0.25) is 5.02 Å². The second kappa shape index (κ2) is 10.4. The quantitative estimate of drug-likeness (QED) is 0.499. The van der Waals surface area contributed by atoms with Gasteiger partial charge in [0, 0.05) is 55.2 Å². The van der Waals surface area contributed by atoms with Gasteiger partial charge in [-0.05, 0) is 75.7 Å². The van der Waals surface area contributed by atoms with E-state index in [1.165, 1.54) is 17.7 Å². The molecule has 0 radical (unpaired) electrons. The lowest BCUT2D eigenvalue weighted by molar-refractivity contribution is 0.0739. The van der Waals surface area contributed by atoms with Crippen LogP contribution in [0.1, 0.15) is 46.6 Å². The number of anilines is 1. The van der Waals surface area contributed by atoms with Gasteiger partial charge in [-0.25, -0.2) is 9.67 Å². The Bertz CT molecular complexity index is 1160. The summed E-state index contributed by atoms with van der Waals surface area (Å²) in [6.07, 6.45) is 7.21. The zero-order valence-corrected chi connectivity index (χ0v) is 21.3. The van der Waals surface area contributed by atoms with Gasteiger partial charge in [0.1, 0.15) is 5.82 Å². The van der Waals surface area contributed by atoms with E-state index in [1.54, 1.807) is 0 Å². The number of rotatable bonds is 5. The minimum absolute atomic E-state index is 0.0461. The molecule has 1 fully saturated rings. The van der Waals surface area contributed by atoms with E-state index in [4.69, 9.17) is 16.7 Å². The molecule has 3 heterocycles. The average molecular weight is 493 g/mol. The molecule has 1 aliphatic carbocycles. The van der Waals surface area contributed by atoms with E-state index in [1.807, 2.05) is 40.0 Å². The fraction of sp³-hybridized carbons (Fsp3) is 0.444. The number of hydrogen-bond acceptors (Lipinski definition) is 5. The van der Waals surface area contributed by atoms with Gasteiger partial charge in [-0.1, -0.05) is 24.1 Å². The van der Waals surface area contributed by atoms with Crippen molar-refractivity contribution in [1.29, 1.82) is 0 Å². The smallest absolute Gasteiger partial charge is 0.274 e. The van der Waals surface area contributed by atoms with Crippen molar-refractivity contribution in [3.05, 3.63) is 70.1 Å². The van der Waals surface area contributed by atoms with Crippen LogP contribution in [-0.2, 0) is 19.4 Å². The maximum atomic E-state index is 13.7. The summed E-state index contributed by atoms with van der Waals surface area (Å²) in [5, 5.41) is 5.57. The molecule has 3 aromatic rings. The van der Waals surface area contributed by atoms with Crippen molar-refractivity contribution >= 4 is 23.3 Å². The van der Waals surface area contributed by atoms with Crippen molar-refractivity contribution in [3.63, 3.8) is 0 Å². The highest BCUT2D eigenvalue weighted by atomic mass is 35.5. The molecule has 1 saturated heterocycles. The predicted octanol–water partition coefficient (Wildman–Crippen LogP) is 4.21. The highest BCUT2D eigenvalue weighted by molar-refractivity contribution is 6.30. The number of nitrogens with zero attached hydrogens (tertiary/aromatic N) is 6. The Hall–Kier alpha value is -2.90. The van der Waals surface area contributed by atoms with E-state index in [0.29, 0.717) is 23.8 Å². The molecule has 0 spiro atoms. The third kappa shape index (κ3) is 5.21. The predicted molar refractivity (Wildman–Crippen MR) is 140 cm³/mol. The van der Waals surface area contributed by atoms with E-state index < -0.39 is 0 Å². The molecule has 8 heteroatoms. The Balaban J connectivity index is 1.32.